The van der Waals surface area contributed by atoms with Crippen LogP contribution in [0.2, 0.25) is 0 Å². The highest BCUT2D eigenvalue weighted by Crippen LogP contribution is 2.38. The number of benzene rings is 2. The Bertz CT molecular complexity index is 1190. The topological polar surface area (TPSA) is 105 Å². The van der Waals surface area contributed by atoms with E-state index in [0.29, 0.717) is 33.1 Å². The summed E-state index contributed by atoms with van der Waals surface area (Å²) in [5.41, 5.74) is 2.44. The van der Waals surface area contributed by atoms with Gasteiger partial charge in [-0.3, -0.25) is 0 Å². The lowest BCUT2D eigenvalue weighted by Crippen LogP contribution is -2.32. The number of hydrogen-bond donors (Lipinski definition) is 1. The molecule has 0 aliphatic carbocycles. The fourth-order valence-electron chi connectivity index (χ4n) is 3.42. The monoisotopic (exact) mass is 437 g/mol. The van der Waals surface area contributed by atoms with Crippen LogP contribution in [0.25, 0.3) is 11.0 Å². The fourth-order valence-corrected chi connectivity index (χ4v) is 4.40. The first kappa shape index (κ1) is 22.4. The van der Waals surface area contributed by atoms with Crippen molar-refractivity contribution >= 4 is 34.7 Å². The van der Waals surface area contributed by atoms with Crippen LogP contribution in [0.3, 0.4) is 0 Å². The summed E-state index contributed by atoms with van der Waals surface area (Å²) in [6, 6.07) is 13.4. The Hall–Kier alpha value is -3.31. The number of carboxylic acids is 1. The molecule has 1 heterocycles. The van der Waals surface area contributed by atoms with Gasteiger partial charge < -0.3 is 14.4 Å². The molecule has 0 saturated heterocycles. The van der Waals surface area contributed by atoms with Gasteiger partial charge >= 0.3 is 11.9 Å². The predicted octanol–water partition coefficient (Wildman–Crippen LogP) is 4.66. The molecule has 3 rings (SSSR count). The fraction of sp³-hybridized carbons (Fsp3) is 0.304. The number of carboxylic acid groups (broad SMARTS) is 1. The van der Waals surface area contributed by atoms with Gasteiger partial charge in [0, 0.05) is 5.75 Å². The number of carbonyl (C=O) groups is 2. The smallest absolute Gasteiger partial charge is 0.337 e. The van der Waals surface area contributed by atoms with Crippen LogP contribution in [0.1, 0.15) is 48.3 Å². The van der Waals surface area contributed by atoms with Crippen LogP contribution in [-0.4, -0.2) is 33.7 Å². The van der Waals surface area contributed by atoms with Crippen LogP contribution in [0, 0.1) is 16.7 Å². The molecule has 0 aliphatic heterocycles. The molecule has 3 aromatic rings. The molecule has 0 amide bonds. The summed E-state index contributed by atoms with van der Waals surface area (Å²) in [5.74, 6) is -0.886. The van der Waals surface area contributed by atoms with E-state index in [9.17, 15) is 20.0 Å². The lowest BCUT2D eigenvalue weighted by atomic mass is 9.86. The van der Waals surface area contributed by atoms with Gasteiger partial charge in [-0.2, -0.15) is 5.26 Å². The molecule has 160 valence electrons. The van der Waals surface area contributed by atoms with Gasteiger partial charge in [-0.15, -0.1) is 0 Å². The van der Waals surface area contributed by atoms with Crippen LogP contribution in [0.15, 0.2) is 47.6 Å². The average Bonchev–Trinajstić information content (AvgIpc) is 3.07. The van der Waals surface area contributed by atoms with Crippen LogP contribution in [0.5, 0.6) is 0 Å². The Kier molecular flexibility index (Phi) is 6.37. The maximum absolute atomic E-state index is 12.2. The predicted molar refractivity (Wildman–Crippen MR) is 118 cm³/mol. The van der Waals surface area contributed by atoms with E-state index in [2.05, 4.69) is 11.1 Å². The van der Waals surface area contributed by atoms with Gasteiger partial charge in [-0.05, 0) is 41.3 Å². The van der Waals surface area contributed by atoms with Crippen LogP contribution in [0.4, 0.5) is 0 Å². The number of thioether (sulfide) groups is 1. The van der Waals surface area contributed by atoms with E-state index < -0.39 is 23.4 Å². The third-order valence-electron chi connectivity index (χ3n) is 4.81. The van der Waals surface area contributed by atoms with Crippen LogP contribution < -0.4 is 0 Å². The van der Waals surface area contributed by atoms with Crippen molar-refractivity contribution in [3.8, 4) is 6.07 Å². The maximum atomic E-state index is 12.2. The molecule has 0 radical (unpaired) electrons. The number of rotatable bonds is 6. The van der Waals surface area contributed by atoms with Gasteiger partial charge in [0.15, 0.2) is 5.16 Å². The molecule has 1 atom stereocenters. The number of esters is 1. The first-order valence-corrected chi connectivity index (χ1v) is 10.6. The molecular formula is C23H23N3O4S. The normalized spacial score (nSPS) is 12.4. The molecule has 2 aromatic carbocycles. The van der Waals surface area contributed by atoms with Crippen LogP contribution in [-0.2, 0) is 15.3 Å². The van der Waals surface area contributed by atoms with Crippen molar-refractivity contribution in [3.05, 3.63) is 59.2 Å². The van der Waals surface area contributed by atoms with Crippen molar-refractivity contribution in [1.82, 2.24) is 9.55 Å². The Labute approximate surface area is 184 Å². The zero-order chi connectivity index (χ0) is 22.8. The first-order valence-electron chi connectivity index (χ1n) is 9.60. The Morgan fingerprint density at radius 2 is 2.00 bits per heavy atom. The SMILES string of the molecule is COC(=O)c1cccc(CSc2nc3cc(C#N)ccc3n2C(C(=O)O)C(C)(C)C)c1. The lowest BCUT2D eigenvalue weighted by molar-refractivity contribution is -0.144. The molecule has 0 saturated carbocycles. The van der Waals surface area contributed by atoms with E-state index in [1.165, 1.54) is 18.9 Å². The summed E-state index contributed by atoms with van der Waals surface area (Å²) in [4.78, 5) is 28.7. The second kappa shape index (κ2) is 8.82. The minimum Gasteiger partial charge on any atom is -0.480 e. The largest absolute Gasteiger partial charge is 0.480 e. The van der Waals surface area contributed by atoms with Gasteiger partial charge in [-0.25, -0.2) is 14.6 Å². The van der Waals surface area contributed by atoms with E-state index in [-0.39, 0.29) is 0 Å². The zero-order valence-corrected chi connectivity index (χ0v) is 18.6. The summed E-state index contributed by atoms with van der Waals surface area (Å²) in [6.45, 7) is 5.61. The van der Waals surface area contributed by atoms with Crippen molar-refractivity contribution < 1.29 is 19.4 Å². The number of aliphatic carboxylic acids is 1. The molecule has 0 fully saturated rings. The first-order chi connectivity index (χ1) is 14.7. The summed E-state index contributed by atoms with van der Waals surface area (Å²) in [6.07, 6.45) is 0. The second-order valence-corrected chi connectivity index (χ2v) is 9.11. The van der Waals surface area contributed by atoms with E-state index in [1.807, 2.05) is 26.8 Å². The van der Waals surface area contributed by atoms with Crippen LogP contribution >= 0.6 is 11.8 Å². The number of imidazole rings is 1. The maximum Gasteiger partial charge on any atom is 0.337 e. The number of fused-ring (bicyclic) bond motifs is 1. The highest BCUT2D eigenvalue weighted by molar-refractivity contribution is 7.98. The molecule has 0 aliphatic rings. The number of ether oxygens (including phenoxy) is 1. The zero-order valence-electron chi connectivity index (χ0n) is 17.7. The van der Waals surface area contributed by atoms with E-state index >= 15 is 0 Å². The number of nitrogens with zero attached hydrogens (tertiary/aromatic N) is 3. The van der Waals surface area contributed by atoms with Gasteiger partial charge in [-0.1, -0.05) is 44.7 Å². The number of aromatic nitrogens is 2. The molecule has 31 heavy (non-hydrogen) atoms. The summed E-state index contributed by atoms with van der Waals surface area (Å²) < 4.78 is 6.51. The van der Waals surface area contributed by atoms with Crippen molar-refractivity contribution in [1.29, 1.82) is 5.26 Å². The van der Waals surface area contributed by atoms with Crippen molar-refractivity contribution in [2.24, 2.45) is 5.41 Å². The molecular weight excluding hydrogens is 414 g/mol. The third-order valence-corrected chi connectivity index (χ3v) is 5.84. The Morgan fingerprint density at radius 3 is 2.61 bits per heavy atom. The molecule has 7 nitrogen and oxygen atoms in total. The lowest BCUT2D eigenvalue weighted by Gasteiger charge is -2.29. The van der Waals surface area contributed by atoms with Gasteiger partial charge in [0.05, 0.1) is 35.3 Å². The number of carbonyl (C=O) groups excluding carboxylic acids is 1. The summed E-state index contributed by atoms with van der Waals surface area (Å²) in [7, 11) is 1.33. The number of hydrogen-bond acceptors (Lipinski definition) is 6. The minimum atomic E-state index is -0.953. The minimum absolute atomic E-state index is 0.415. The second-order valence-electron chi connectivity index (χ2n) is 8.17. The van der Waals surface area contributed by atoms with Gasteiger partial charge in [0.2, 0.25) is 0 Å². The van der Waals surface area contributed by atoms with Crippen molar-refractivity contribution in [2.45, 2.75) is 37.7 Å². The highest BCUT2D eigenvalue weighted by Gasteiger charge is 2.36. The average molecular weight is 438 g/mol. The molecule has 0 spiro atoms. The summed E-state index contributed by atoms with van der Waals surface area (Å²) >= 11 is 1.38. The standard InChI is InChI=1S/C23H23N3O4S/c1-23(2,3)19(20(27)28)26-18-9-8-14(12-24)11-17(18)25-22(26)31-13-15-6-5-7-16(10-15)21(29)30-4/h5-11,19H,13H2,1-4H3,(H,27,28). The van der Waals surface area contributed by atoms with E-state index in [0.717, 1.165) is 5.56 Å². The Balaban J connectivity index is 2.06. The van der Waals surface area contributed by atoms with Crippen molar-refractivity contribution in [3.63, 3.8) is 0 Å². The van der Waals surface area contributed by atoms with Gasteiger partial charge in [0.1, 0.15) is 6.04 Å². The molecule has 1 N–H and O–H groups in total. The van der Waals surface area contributed by atoms with Crippen molar-refractivity contribution in [2.75, 3.05) is 7.11 Å². The number of nitriles is 1. The Morgan fingerprint density at radius 1 is 1.26 bits per heavy atom. The molecule has 0 bridgehead atoms. The van der Waals surface area contributed by atoms with E-state index in [1.54, 1.807) is 41.0 Å². The highest BCUT2D eigenvalue weighted by atomic mass is 32.2. The molecule has 1 unspecified atom stereocenters. The quantitative estimate of drug-likeness (QED) is 0.442. The third kappa shape index (κ3) is 4.72. The molecule has 1 aromatic heterocycles. The molecule has 8 heteroatoms. The van der Waals surface area contributed by atoms with Gasteiger partial charge in [0.25, 0.3) is 0 Å². The number of methoxy groups -OCH3 is 1. The summed E-state index contributed by atoms with van der Waals surface area (Å²) in [5, 5.41) is 19.8. The van der Waals surface area contributed by atoms with E-state index in [4.69, 9.17) is 4.74 Å².